The summed E-state index contributed by atoms with van der Waals surface area (Å²) in [6.07, 6.45) is 6.64. The zero-order valence-electron chi connectivity index (χ0n) is 13.7. The van der Waals surface area contributed by atoms with Crippen LogP contribution in [0.2, 0.25) is 5.02 Å². The number of benzene rings is 1. The molecule has 0 spiro atoms. The highest BCUT2D eigenvalue weighted by atomic mass is 35.5. The number of amides is 1. The van der Waals surface area contributed by atoms with Gasteiger partial charge in [0.2, 0.25) is 17.6 Å². The first-order valence-corrected chi connectivity index (χ1v) is 8.54. The van der Waals surface area contributed by atoms with E-state index in [0.717, 1.165) is 11.1 Å². The van der Waals surface area contributed by atoms with Crippen molar-refractivity contribution in [2.45, 2.75) is 5.92 Å². The average molecular weight is 367 g/mol. The summed E-state index contributed by atoms with van der Waals surface area (Å²) in [5.74, 6) is 1.05. The Labute approximate surface area is 155 Å². The van der Waals surface area contributed by atoms with Crippen molar-refractivity contribution in [2.75, 3.05) is 13.1 Å². The first-order valence-electron chi connectivity index (χ1n) is 8.16. The van der Waals surface area contributed by atoms with Crippen LogP contribution in [0.4, 0.5) is 0 Å². The van der Waals surface area contributed by atoms with Crippen molar-refractivity contribution in [3.63, 3.8) is 0 Å². The average Bonchev–Trinajstić information content (AvgIpc) is 3.10. The first kappa shape index (κ1) is 16.5. The van der Waals surface area contributed by atoms with Crippen molar-refractivity contribution in [3.05, 3.63) is 71.3 Å². The molecule has 1 aliphatic rings. The van der Waals surface area contributed by atoms with Gasteiger partial charge < -0.3 is 9.42 Å². The fourth-order valence-corrected chi connectivity index (χ4v) is 2.90. The molecule has 4 rings (SSSR count). The zero-order valence-corrected chi connectivity index (χ0v) is 14.5. The predicted octanol–water partition coefficient (Wildman–Crippen LogP) is 3.42. The number of hydrogen-bond acceptors (Lipinski definition) is 5. The lowest BCUT2D eigenvalue weighted by Crippen LogP contribution is -2.47. The van der Waals surface area contributed by atoms with E-state index in [4.69, 9.17) is 16.1 Å². The maximum atomic E-state index is 12.2. The molecule has 0 radical (unpaired) electrons. The topological polar surface area (TPSA) is 72.1 Å². The zero-order chi connectivity index (χ0) is 17.9. The maximum absolute atomic E-state index is 12.2. The summed E-state index contributed by atoms with van der Waals surface area (Å²) in [7, 11) is 0. The van der Waals surface area contributed by atoms with E-state index < -0.39 is 0 Å². The van der Waals surface area contributed by atoms with Crippen LogP contribution in [0.15, 0.2) is 59.4 Å². The monoisotopic (exact) mass is 366 g/mol. The van der Waals surface area contributed by atoms with E-state index in [2.05, 4.69) is 15.1 Å². The molecule has 0 saturated carbocycles. The summed E-state index contributed by atoms with van der Waals surface area (Å²) in [5, 5.41) is 4.60. The normalized spacial score (nSPS) is 14.6. The summed E-state index contributed by atoms with van der Waals surface area (Å²) in [6.45, 7) is 1.11. The Balaban J connectivity index is 1.36. The highest BCUT2D eigenvalue weighted by molar-refractivity contribution is 6.32. The molecule has 1 aromatic carbocycles. The van der Waals surface area contributed by atoms with Gasteiger partial charge >= 0.3 is 0 Å². The van der Waals surface area contributed by atoms with E-state index in [0.29, 0.717) is 29.8 Å². The number of nitrogens with zero attached hydrogens (tertiary/aromatic N) is 4. The summed E-state index contributed by atoms with van der Waals surface area (Å²) in [6, 6.07) is 11.1. The molecule has 3 aromatic rings. The molecular weight excluding hydrogens is 352 g/mol. The fourth-order valence-electron chi connectivity index (χ4n) is 2.70. The van der Waals surface area contributed by atoms with Gasteiger partial charge in [-0.15, -0.1) is 0 Å². The number of halogens is 1. The molecule has 1 amide bonds. The SMILES string of the molecule is O=C(/C=C/c1ccccc1Cl)N1CC(c2nc(-c3cccnc3)no2)C1. The Hall–Kier alpha value is -2.99. The third kappa shape index (κ3) is 3.36. The van der Waals surface area contributed by atoms with Gasteiger partial charge in [-0.3, -0.25) is 9.78 Å². The molecule has 0 N–H and O–H groups in total. The number of likely N-dealkylation sites (tertiary alicyclic amines) is 1. The van der Waals surface area contributed by atoms with E-state index in [1.807, 2.05) is 30.3 Å². The molecular formula is C19H15ClN4O2. The second-order valence-corrected chi connectivity index (χ2v) is 6.40. The van der Waals surface area contributed by atoms with Crippen LogP contribution in [-0.4, -0.2) is 39.0 Å². The van der Waals surface area contributed by atoms with Crippen LogP contribution in [0.1, 0.15) is 17.4 Å². The van der Waals surface area contributed by atoms with Gasteiger partial charge in [0.15, 0.2) is 0 Å². The number of hydrogen-bond donors (Lipinski definition) is 0. The van der Waals surface area contributed by atoms with Crippen LogP contribution in [0, 0.1) is 0 Å². The van der Waals surface area contributed by atoms with Gasteiger partial charge in [0.05, 0.1) is 5.92 Å². The summed E-state index contributed by atoms with van der Waals surface area (Å²) in [4.78, 5) is 22.4. The Morgan fingerprint density at radius 2 is 2.08 bits per heavy atom. The fraction of sp³-hybridized carbons (Fsp3) is 0.158. The summed E-state index contributed by atoms with van der Waals surface area (Å²) < 4.78 is 5.33. The Bertz CT molecular complexity index is 949. The van der Waals surface area contributed by atoms with E-state index >= 15 is 0 Å². The molecule has 1 fully saturated rings. The minimum atomic E-state index is -0.0619. The number of rotatable bonds is 4. The smallest absolute Gasteiger partial charge is 0.246 e. The van der Waals surface area contributed by atoms with Gasteiger partial charge in [0.25, 0.3) is 0 Å². The molecule has 1 aliphatic heterocycles. The van der Waals surface area contributed by atoms with Crippen molar-refractivity contribution in [1.29, 1.82) is 0 Å². The molecule has 6 nitrogen and oxygen atoms in total. The minimum Gasteiger partial charge on any atom is -0.339 e. The lowest BCUT2D eigenvalue weighted by molar-refractivity contribution is -0.130. The van der Waals surface area contributed by atoms with Crippen LogP contribution >= 0.6 is 11.6 Å². The van der Waals surface area contributed by atoms with Crippen molar-refractivity contribution >= 4 is 23.6 Å². The maximum Gasteiger partial charge on any atom is 0.246 e. The molecule has 0 aliphatic carbocycles. The second-order valence-electron chi connectivity index (χ2n) is 5.99. The predicted molar refractivity (Wildman–Crippen MR) is 97.3 cm³/mol. The third-order valence-corrected chi connectivity index (χ3v) is 4.56. The first-order chi connectivity index (χ1) is 12.7. The molecule has 0 bridgehead atoms. The Morgan fingerprint density at radius 1 is 1.23 bits per heavy atom. The van der Waals surface area contributed by atoms with Gasteiger partial charge in [-0.25, -0.2) is 0 Å². The van der Waals surface area contributed by atoms with Crippen molar-refractivity contribution in [3.8, 4) is 11.4 Å². The second kappa shape index (κ2) is 7.09. The van der Waals surface area contributed by atoms with Crippen LogP contribution < -0.4 is 0 Å². The van der Waals surface area contributed by atoms with Gasteiger partial charge in [0, 0.05) is 42.1 Å². The lowest BCUT2D eigenvalue weighted by Gasteiger charge is -2.36. The minimum absolute atomic E-state index is 0.0607. The summed E-state index contributed by atoms with van der Waals surface area (Å²) >= 11 is 6.08. The number of aromatic nitrogens is 3. The van der Waals surface area contributed by atoms with Gasteiger partial charge in [-0.05, 0) is 29.8 Å². The Kier molecular flexibility index (Phi) is 4.50. The van der Waals surface area contributed by atoms with Gasteiger partial charge in [0.1, 0.15) is 0 Å². The van der Waals surface area contributed by atoms with E-state index in [1.54, 1.807) is 29.4 Å². The molecule has 1 saturated heterocycles. The van der Waals surface area contributed by atoms with Gasteiger partial charge in [-0.1, -0.05) is 35.0 Å². The van der Waals surface area contributed by atoms with Crippen molar-refractivity contribution in [1.82, 2.24) is 20.0 Å². The number of pyridine rings is 1. The molecule has 7 heteroatoms. The molecule has 2 aromatic heterocycles. The van der Waals surface area contributed by atoms with E-state index in [-0.39, 0.29) is 11.8 Å². The largest absolute Gasteiger partial charge is 0.339 e. The van der Waals surface area contributed by atoms with E-state index in [1.165, 1.54) is 6.08 Å². The van der Waals surface area contributed by atoms with Crippen LogP contribution in [-0.2, 0) is 4.79 Å². The molecule has 3 heterocycles. The number of carbonyl (C=O) groups excluding carboxylic acids is 1. The standard InChI is InChI=1S/C19H15ClN4O2/c20-16-6-2-1-4-13(16)7-8-17(25)24-11-15(12-24)19-22-18(23-26-19)14-5-3-9-21-10-14/h1-10,15H,11-12H2/b8-7+. The highest BCUT2D eigenvalue weighted by Crippen LogP contribution is 2.28. The molecule has 0 atom stereocenters. The molecule has 130 valence electrons. The lowest BCUT2D eigenvalue weighted by atomic mass is 10.00. The number of carbonyl (C=O) groups is 1. The van der Waals surface area contributed by atoms with Crippen LogP contribution in [0.5, 0.6) is 0 Å². The van der Waals surface area contributed by atoms with Crippen molar-refractivity contribution < 1.29 is 9.32 Å². The van der Waals surface area contributed by atoms with Gasteiger partial charge in [-0.2, -0.15) is 4.98 Å². The molecule has 0 unspecified atom stereocenters. The quantitative estimate of drug-likeness (QED) is 0.661. The van der Waals surface area contributed by atoms with Crippen LogP contribution in [0.3, 0.4) is 0 Å². The third-order valence-electron chi connectivity index (χ3n) is 4.21. The molecule has 26 heavy (non-hydrogen) atoms. The highest BCUT2D eigenvalue weighted by Gasteiger charge is 2.34. The van der Waals surface area contributed by atoms with E-state index in [9.17, 15) is 4.79 Å². The van der Waals surface area contributed by atoms with Crippen molar-refractivity contribution in [2.24, 2.45) is 0 Å². The Morgan fingerprint density at radius 3 is 2.85 bits per heavy atom. The van der Waals surface area contributed by atoms with Crippen LogP contribution in [0.25, 0.3) is 17.5 Å². The summed E-state index contributed by atoms with van der Waals surface area (Å²) in [5.41, 5.74) is 1.62.